The summed E-state index contributed by atoms with van der Waals surface area (Å²) in [5, 5.41) is 12.1. The van der Waals surface area contributed by atoms with Gasteiger partial charge in [0, 0.05) is 12.2 Å². The highest BCUT2D eigenvalue weighted by molar-refractivity contribution is 6.29. The number of nitrogens with one attached hydrogen (secondary N) is 1. The van der Waals surface area contributed by atoms with Gasteiger partial charge in [-0.25, -0.2) is 4.79 Å². The van der Waals surface area contributed by atoms with Crippen molar-refractivity contribution in [1.29, 1.82) is 0 Å². The van der Waals surface area contributed by atoms with E-state index in [-0.39, 0.29) is 17.2 Å². The Balaban J connectivity index is 1.92. The van der Waals surface area contributed by atoms with Gasteiger partial charge in [-0.05, 0) is 41.5 Å². The maximum atomic E-state index is 11.1. The lowest BCUT2D eigenvalue weighted by Crippen LogP contribution is -2.01. The molecule has 118 valence electrons. The zero-order valence-corrected chi connectivity index (χ0v) is 13.1. The zero-order chi connectivity index (χ0) is 16.7. The first-order valence-corrected chi connectivity index (χ1v) is 7.55. The molecule has 0 saturated carbocycles. The fraction of sp³-hybridized carbons (Fsp3) is 0.111. The molecule has 2 aromatic carbocycles. The van der Waals surface area contributed by atoms with E-state index in [1.165, 1.54) is 6.08 Å². The van der Waals surface area contributed by atoms with Crippen LogP contribution in [0.2, 0.25) is 0 Å². The van der Waals surface area contributed by atoms with Crippen LogP contribution in [0.1, 0.15) is 21.5 Å². The molecule has 5 heteroatoms. The molecule has 0 heterocycles. The molecule has 0 atom stereocenters. The minimum atomic E-state index is -0.930. The number of alkyl halides is 1. The summed E-state index contributed by atoms with van der Waals surface area (Å²) in [4.78, 5) is 21.9. The summed E-state index contributed by atoms with van der Waals surface area (Å²) in [5.41, 5.74) is 3.12. The maximum Gasteiger partial charge on any atom is 0.335 e. The van der Waals surface area contributed by atoms with Crippen LogP contribution in [0.3, 0.4) is 0 Å². The van der Waals surface area contributed by atoms with E-state index in [4.69, 9.17) is 16.7 Å². The van der Waals surface area contributed by atoms with Gasteiger partial charge in [0.05, 0.1) is 11.4 Å². The van der Waals surface area contributed by atoms with Gasteiger partial charge >= 0.3 is 5.97 Å². The summed E-state index contributed by atoms with van der Waals surface area (Å²) in [7, 11) is 0. The molecule has 0 saturated heterocycles. The van der Waals surface area contributed by atoms with Crippen molar-refractivity contribution in [2.24, 2.45) is 0 Å². The highest BCUT2D eigenvalue weighted by Gasteiger charge is 2.01. The van der Waals surface area contributed by atoms with Gasteiger partial charge in [0.25, 0.3) is 0 Å². The quantitative estimate of drug-likeness (QED) is 0.598. The van der Waals surface area contributed by atoms with Crippen molar-refractivity contribution in [3.63, 3.8) is 0 Å². The highest BCUT2D eigenvalue weighted by atomic mass is 35.5. The van der Waals surface area contributed by atoms with E-state index in [1.54, 1.807) is 30.3 Å². The van der Waals surface area contributed by atoms with Crippen LogP contribution in [0.5, 0.6) is 0 Å². The summed E-state index contributed by atoms with van der Waals surface area (Å²) in [6, 6.07) is 14.4. The number of hydrogen-bond donors (Lipinski definition) is 2. The SMILES string of the molecule is O=C(/C=C/c1ccc(NCc2ccc(C(=O)O)cc2)cc1)CCl. The van der Waals surface area contributed by atoms with Crippen molar-refractivity contribution in [3.8, 4) is 0 Å². The van der Waals surface area contributed by atoms with E-state index >= 15 is 0 Å². The van der Waals surface area contributed by atoms with Gasteiger partial charge < -0.3 is 10.4 Å². The van der Waals surface area contributed by atoms with Crippen LogP contribution in [0.25, 0.3) is 6.08 Å². The van der Waals surface area contributed by atoms with E-state index in [9.17, 15) is 9.59 Å². The standard InChI is InChI=1S/C18H16ClNO3/c19-11-17(21)10-5-13-3-8-16(9-4-13)20-12-14-1-6-15(7-2-14)18(22)23/h1-10,20H,11-12H2,(H,22,23)/b10-5+. The Hall–Kier alpha value is -2.59. The Morgan fingerprint density at radius 1 is 1.04 bits per heavy atom. The number of benzene rings is 2. The molecule has 0 radical (unpaired) electrons. The molecule has 2 aromatic rings. The Morgan fingerprint density at radius 2 is 1.70 bits per heavy atom. The average molecular weight is 330 g/mol. The van der Waals surface area contributed by atoms with Crippen LogP contribution in [-0.2, 0) is 11.3 Å². The molecule has 0 amide bonds. The van der Waals surface area contributed by atoms with Crippen molar-refractivity contribution in [2.45, 2.75) is 6.54 Å². The summed E-state index contributed by atoms with van der Waals surface area (Å²) in [6.07, 6.45) is 3.18. The highest BCUT2D eigenvalue weighted by Crippen LogP contribution is 2.13. The lowest BCUT2D eigenvalue weighted by Gasteiger charge is -2.07. The van der Waals surface area contributed by atoms with Gasteiger partial charge in [-0.2, -0.15) is 0 Å². The van der Waals surface area contributed by atoms with Crippen molar-refractivity contribution in [2.75, 3.05) is 11.2 Å². The topological polar surface area (TPSA) is 66.4 Å². The first kappa shape index (κ1) is 16.8. The lowest BCUT2D eigenvalue weighted by atomic mass is 10.1. The Kier molecular flexibility index (Phi) is 5.94. The molecule has 0 bridgehead atoms. The summed E-state index contributed by atoms with van der Waals surface area (Å²) in [5.74, 6) is -1.07. The van der Waals surface area contributed by atoms with E-state index in [2.05, 4.69) is 5.32 Å². The van der Waals surface area contributed by atoms with Crippen LogP contribution in [0.4, 0.5) is 5.69 Å². The van der Waals surface area contributed by atoms with Gasteiger partial charge in [0.15, 0.2) is 5.78 Å². The number of carbonyl (C=O) groups is 2. The molecule has 0 aliphatic carbocycles. The molecular formula is C18H16ClNO3. The predicted molar refractivity (Wildman–Crippen MR) is 91.9 cm³/mol. The third kappa shape index (κ3) is 5.27. The Labute approximate surface area is 139 Å². The van der Waals surface area contributed by atoms with Crippen molar-refractivity contribution in [1.82, 2.24) is 0 Å². The van der Waals surface area contributed by atoms with E-state index in [0.717, 1.165) is 16.8 Å². The fourth-order valence-corrected chi connectivity index (χ4v) is 2.00. The second-order valence-electron chi connectivity index (χ2n) is 4.91. The van der Waals surface area contributed by atoms with Gasteiger partial charge in [0.1, 0.15) is 0 Å². The Bertz CT molecular complexity index is 706. The number of halogens is 1. The van der Waals surface area contributed by atoms with Gasteiger partial charge in [-0.1, -0.05) is 30.3 Å². The molecule has 0 aliphatic rings. The minimum Gasteiger partial charge on any atom is -0.478 e. The monoisotopic (exact) mass is 329 g/mol. The van der Waals surface area contributed by atoms with Crippen LogP contribution in [-0.4, -0.2) is 22.7 Å². The number of rotatable bonds is 7. The summed E-state index contributed by atoms with van der Waals surface area (Å²) in [6.45, 7) is 0.597. The normalized spacial score (nSPS) is 10.7. The molecular weight excluding hydrogens is 314 g/mol. The van der Waals surface area contributed by atoms with Gasteiger partial charge in [-0.3, -0.25) is 4.79 Å². The number of ketones is 1. The number of carbonyl (C=O) groups excluding carboxylic acids is 1. The molecule has 4 nitrogen and oxygen atoms in total. The number of carboxylic acid groups (broad SMARTS) is 1. The van der Waals surface area contributed by atoms with Crippen molar-refractivity contribution >= 4 is 35.1 Å². The second-order valence-corrected chi connectivity index (χ2v) is 5.18. The average Bonchev–Trinajstić information content (AvgIpc) is 2.59. The molecule has 2 rings (SSSR count). The number of anilines is 1. The first-order valence-electron chi connectivity index (χ1n) is 7.01. The maximum absolute atomic E-state index is 11.1. The second kappa shape index (κ2) is 8.15. The lowest BCUT2D eigenvalue weighted by molar-refractivity contribution is -0.112. The zero-order valence-electron chi connectivity index (χ0n) is 12.3. The minimum absolute atomic E-state index is 0.0171. The summed E-state index contributed by atoms with van der Waals surface area (Å²) < 4.78 is 0. The van der Waals surface area contributed by atoms with Gasteiger partial charge in [-0.15, -0.1) is 11.6 Å². The molecule has 0 fully saturated rings. The van der Waals surface area contributed by atoms with Crippen LogP contribution in [0, 0.1) is 0 Å². The van der Waals surface area contributed by atoms with E-state index < -0.39 is 5.97 Å². The summed E-state index contributed by atoms with van der Waals surface area (Å²) >= 11 is 5.43. The smallest absolute Gasteiger partial charge is 0.335 e. The molecule has 0 aliphatic heterocycles. The van der Waals surface area contributed by atoms with Crippen LogP contribution < -0.4 is 5.32 Å². The fourth-order valence-electron chi connectivity index (χ4n) is 1.92. The van der Waals surface area contributed by atoms with Crippen molar-refractivity contribution in [3.05, 3.63) is 71.3 Å². The number of aromatic carboxylic acids is 1. The van der Waals surface area contributed by atoms with E-state index in [0.29, 0.717) is 6.54 Å². The molecule has 0 spiro atoms. The third-order valence-corrected chi connectivity index (χ3v) is 3.47. The van der Waals surface area contributed by atoms with Gasteiger partial charge in [0.2, 0.25) is 0 Å². The number of hydrogen-bond acceptors (Lipinski definition) is 3. The predicted octanol–water partition coefficient (Wildman–Crippen LogP) is 3.82. The van der Waals surface area contributed by atoms with Crippen LogP contribution in [0.15, 0.2) is 54.6 Å². The van der Waals surface area contributed by atoms with E-state index in [1.807, 2.05) is 24.3 Å². The molecule has 23 heavy (non-hydrogen) atoms. The Morgan fingerprint density at radius 3 is 2.26 bits per heavy atom. The van der Waals surface area contributed by atoms with Crippen molar-refractivity contribution < 1.29 is 14.7 Å². The molecule has 0 unspecified atom stereocenters. The number of allylic oxidation sites excluding steroid dienone is 1. The third-order valence-electron chi connectivity index (χ3n) is 3.20. The molecule has 0 aromatic heterocycles. The van der Waals surface area contributed by atoms with Crippen LogP contribution >= 0.6 is 11.6 Å². The first-order chi connectivity index (χ1) is 11.1. The number of carboxylic acids is 1. The largest absolute Gasteiger partial charge is 0.478 e. The molecule has 2 N–H and O–H groups in total.